The van der Waals surface area contributed by atoms with E-state index >= 15 is 0 Å². The highest BCUT2D eigenvalue weighted by atomic mass is 32.2. The fraction of sp³-hybridized carbons (Fsp3) is 0.529. The molecule has 0 radical (unpaired) electrons. The first-order chi connectivity index (χ1) is 12.6. The van der Waals surface area contributed by atoms with Gasteiger partial charge in [0.25, 0.3) is 0 Å². The predicted octanol–water partition coefficient (Wildman–Crippen LogP) is 2.71. The number of amides is 1. The second-order valence-electron chi connectivity index (χ2n) is 6.93. The normalized spacial score (nSPS) is 20.9. The molecule has 7 nitrogen and oxygen atoms in total. The summed E-state index contributed by atoms with van der Waals surface area (Å²) in [4.78, 5) is 12.1. The Kier molecular flexibility index (Phi) is 5.48. The number of aliphatic hydroxyl groups is 1. The summed E-state index contributed by atoms with van der Waals surface area (Å²) in [5, 5.41) is 16.4. The van der Waals surface area contributed by atoms with Gasteiger partial charge in [-0.1, -0.05) is 12.8 Å². The Morgan fingerprint density at radius 1 is 1.37 bits per heavy atom. The molecule has 0 spiro atoms. The first-order valence-electron chi connectivity index (χ1n) is 8.64. The summed E-state index contributed by atoms with van der Waals surface area (Å²) in [5.41, 5.74) is 0.212. The number of halogens is 2. The predicted molar refractivity (Wildman–Crippen MR) is 95.3 cm³/mol. The zero-order valence-electron chi connectivity index (χ0n) is 14.7. The molecule has 1 aromatic heterocycles. The largest absolute Gasteiger partial charge is 0.393 e. The minimum absolute atomic E-state index is 0.0474. The van der Waals surface area contributed by atoms with Crippen molar-refractivity contribution < 1.29 is 27.1 Å². The van der Waals surface area contributed by atoms with E-state index in [0.29, 0.717) is 11.1 Å². The summed E-state index contributed by atoms with van der Waals surface area (Å²) in [6.45, 7) is -2.91. The summed E-state index contributed by atoms with van der Waals surface area (Å²) < 4.78 is 50.3. The third-order valence-corrected chi connectivity index (χ3v) is 5.94. The monoisotopic (exact) mass is 401 g/mol. The van der Waals surface area contributed by atoms with Gasteiger partial charge in [0.2, 0.25) is 5.91 Å². The van der Waals surface area contributed by atoms with Crippen molar-refractivity contribution in [3.8, 4) is 0 Å². The van der Waals surface area contributed by atoms with E-state index in [-0.39, 0.29) is 39.7 Å². The van der Waals surface area contributed by atoms with Crippen LogP contribution in [0.15, 0.2) is 23.2 Å². The van der Waals surface area contributed by atoms with Crippen molar-refractivity contribution in [2.24, 2.45) is 5.92 Å². The van der Waals surface area contributed by atoms with E-state index in [2.05, 4.69) is 10.4 Å². The van der Waals surface area contributed by atoms with Crippen molar-refractivity contribution in [3.05, 3.63) is 18.3 Å². The lowest BCUT2D eigenvalue weighted by Gasteiger charge is -2.26. The summed E-state index contributed by atoms with van der Waals surface area (Å²) in [6.07, 6.45) is 4.81. The van der Waals surface area contributed by atoms with E-state index < -0.39 is 22.5 Å². The number of nitrogens with one attached hydrogen (secondary N) is 1. The van der Waals surface area contributed by atoms with Crippen molar-refractivity contribution >= 4 is 32.3 Å². The molecule has 0 bridgehead atoms. The van der Waals surface area contributed by atoms with Crippen molar-refractivity contribution in [2.45, 2.75) is 49.7 Å². The molecule has 1 aliphatic rings. The van der Waals surface area contributed by atoms with Crippen LogP contribution in [0.4, 0.5) is 14.5 Å². The summed E-state index contributed by atoms with van der Waals surface area (Å²) in [6, 6.07) is 2.60. The zero-order chi connectivity index (χ0) is 19.8. The van der Waals surface area contributed by atoms with Crippen LogP contribution in [-0.2, 0) is 14.6 Å². The Morgan fingerprint density at radius 3 is 2.70 bits per heavy atom. The van der Waals surface area contributed by atoms with Crippen LogP contribution in [0.3, 0.4) is 0 Å². The maximum absolute atomic E-state index is 12.9. The van der Waals surface area contributed by atoms with E-state index in [1.807, 2.05) is 0 Å². The first-order valence-corrected chi connectivity index (χ1v) is 10.5. The molecule has 1 fully saturated rings. The fourth-order valence-corrected chi connectivity index (χ4v) is 4.36. The van der Waals surface area contributed by atoms with Gasteiger partial charge in [-0.2, -0.15) is 13.9 Å². The topological polar surface area (TPSA) is 101 Å². The van der Waals surface area contributed by atoms with Crippen molar-refractivity contribution in [2.75, 3.05) is 11.6 Å². The second-order valence-corrected chi connectivity index (χ2v) is 8.91. The number of fused-ring (bicyclic) bond motifs is 1. The fourth-order valence-electron chi connectivity index (χ4n) is 3.47. The zero-order valence-corrected chi connectivity index (χ0v) is 15.5. The molecule has 2 N–H and O–H groups in total. The Labute approximate surface area is 155 Å². The lowest BCUT2D eigenvalue weighted by atomic mass is 9.84. The van der Waals surface area contributed by atoms with Gasteiger partial charge in [-0.15, -0.1) is 0 Å². The average molecular weight is 401 g/mol. The lowest BCUT2D eigenvalue weighted by Crippen LogP contribution is -2.28. The maximum atomic E-state index is 12.9. The standard InChI is InChI=1S/C17H21F2N3O4S/c1-27(25,26)15-8-11(7-13-12(15)9-22(21-13)17(18)19)20-16(24)6-10-4-2-3-5-14(10)23/h7-10,14,17,23H,2-6H2,1H3,(H,20,24). The molecule has 0 aliphatic heterocycles. The van der Waals surface area contributed by atoms with Gasteiger partial charge in [-0.3, -0.25) is 4.79 Å². The number of hydrogen-bond acceptors (Lipinski definition) is 5. The van der Waals surface area contributed by atoms with Crippen molar-refractivity contribution in [1.82, 2.24) is 9.78 Å². The van der Waals surface area contributed by atoms with Gasteiger partial charge in [-0.05, 0) is 30.9 Å². The maximum Gasteiger partial charge on any atom is 0.333 e. The van der Waals surface area contributed by atoms with Gasteiger partial charge in [0.15, 0.2) is 9.84 Å². The van der Waals surface area contributed by atoms with E-state index in [9.17, 15) is 27.1 Å². The second kappa shape index (κ2) is 7.51. The average Bonchev–Trinajstić information content (AvgIpc) is 2.99. The highest BCUT2D eigenvalue weighted by molar-refractivity contribution is 7.91. The quantitative estimate of drug-likeness (QED) is 0.802. The van der Waals surface area contributed by atoms with Crippen molar-refractivity contribution in [1.29, 1.82) is 0 Å². The number of alkyl halides is 2. The molecule has 10 heteroatoms. The number of nitrogens with zero attached hydrogens (tertiary/aromatic N) is 2. The molecule has 2 unspecified atom stereocenters. The van der Waals surface area contributed by atoms with Crippen molar-refractivity contribution in [3.63, 3.8) is 0 Å². The third kappa shape index (κ3) is 4.44. The Balaban J connectivity index is 1.89. The summed E-state index contributed by atoms with van der Waals surface area (Å²) in [5.74, 6) is -0.511. The molecular weight excluding hydrogens is 380 g/mol. The minimum Gasteiger partial charge on any atom is -0.393 e. The number of aliphatic hydroxyl groups excluding tert-OH is 1. The van der Waals surface area contributed by atoms with Crippen LogP contribution in [0.2, 0.25) is 0 Å². The van der Waals surface area contributed by atoms with Crippen LogP contribution in [0, 0.1) is 5.92 Å². The first kappa shape index (κ1) is 19.7. The molecule has 148 valence electrons. The van der Waals surface area contributed by atoms with E-state index in [4.69, 9.17) is 0 Å². The number of carbonyl (C=O) groups excluding carboxylic acids is 1. The number of benzene rings is 1. The third-order valence-electron chi connectivity index (χ3n) is 4.80. The van der Waals surface area contributed by atoms with Crippen LogP contribution in [-0.4, -0.2) is 41.6 Å². The van der Waals surface area contributed by atoms with Gasteiger partial charge in [0.1, 0.15) is 0 Å². The Hall–Kier alpha value is -2.07. The van der Waals surface area contributed by atoms with E-state index in [1.165, 1.54) is 12.1 Å². The molecule has 27 heavy (non-hydrogen) atoms. The Morgan fingerprint density at radius 2 is 2.07 bits per heavy atom. The molecule has 2 aromatic rings. The molecule has 0 saturated heterocycles. The van der Waals surface area contributed by atoms with Crippen LogP contribution >= 0.6 is 0 Å². The molecular formula is C17H21F2N3O4S. The summed E-state index contributed by atoms with van der Waals surface area (Å²) in [7, 11) is -3.73. The van der Waals surface area contributed by atoms with Crippen LogP contribution < -0.4 is 5.32 Å². The molecule has 1 amide bonds. The van der Waals surface area contributed by atoms with Crippen LogP contribution in [0.1, 0.15) is 38.7 Å². The number of carbonyl (C=O) groups is 1. The molecule has 1 aromatic carbocycles. The smallest absolute Gasteiger partial charge is 0.333 e. The van der Waals surface area contributed by atoms with E-state index in [0.717, 1.165) is 31.7 Å². The molecule has 1 heterocycles. The summed E-state index contributed by atoms with van der Waals surface area (Å²) >= 11 is 0. The Bertz CT molecular complexity index is 958. The van der Waals surface area contributed by atoms with Gasteiger partial charge < -0.3 is 10.4 Å². The molecule has 3 rings (SSSR count). The van der Waals surface area contributed by atoms with Gasteiger partial charge in [-0.25, -0.2) is 13.1 Å². The minimum atomic E-state index is -3.73. The van der Waals surface area contributed by atoms with Crippen LogP contribution in [0.5, 0.6) is 0 Å². The van der Waals surface area contributed by atoms with Gasteiger partial charge in [0, 0.05) is 29.9 Å². The number of sulfone groups is 1. The number of aromatic nitrogens is 2. The number of anilines is 1. The SMILES string of the molecule is CS(=O)(=O)c1cc(NC(=O)CC2CCCCC2O)cc2nn(C(F)F)cc12. The van der Waals surface area contributed by atoms with Crippen LogP contribution in [0.25, 0.3) is 10.9 Å². The number of rotatable bonds is 5. The van der Waals surface area contributed by atoms with Gasteiger partial charge in [0.05, 0.1) is 16.5 Å². The van der Waals surface area contributed by atoms with Gasteiger partial charge >= 0.3 is 6.55 Å². The van der Waals surface area contributed by atoms with E-state index in [1.54, 1.807) is 0 Å². The molecule has 2 atom stereocenters. The molecule has 1 aliphatic carbocycles. The number of hydrogen-bond donors (Lipinski definition) is 2. The highest BCUT2D eigenvalue weighted by Crippen LogP contribution is 2.30. The lowest BCUT2D eigenvalue weighted by molar-refractivity contribution is -0.118. The molecule has 1 saturated carbocycles. The highest BCUT2D eigenvalue weighted by Gasteiger charge is 2.26.